The highest BCUT2D eigenvalue weighted by Gasteiger charge is 2.34. The van der Waals surface area contributed by atoms with Crippen LogP contribution in [-0.2, 0) is 4.43 Å². The molecule has 2 aromatic carbocycles. The molecule has 3 heteroatoms. The first kappa shape index (κ1) is 17.3. The zero-order chi connectivity index (χ0) is 16.5. The number of para-hydroxylation sites is 1. The summed E-state index contributed by atoms with van der Waals surface area (Å²) in [6.07, 6.45) is 3.95. The van der Waals surface area contributed by atoms with Crippen LogP contribution < -0.4 is 10.5 Å². The van der Waals surface area contributed by atoms with Crippen LogP contribution in [0, 0.1) is 0 Å². The van der Waals surface area contributed by atoms with E-state index in [1.807, 2.05) is 30.4 Å². The van der Waals surface area contributed by atoms with Crippen LogP contribution in [0.1, 0.15) is 6.92 Å². The van der Waals surface area contributed by atoms with Gasteiger partial charge in [0.2, 0.25) is 8.32 Å². The Bertz CT molecular complexity index is 612. The largest absolute Gasteiger partial charge is 0.412 e. The van der Waals surface area contributed by atoms with E-state index in [4.69, 9.17) is 4.43 Å². The van der Waals surface area contributed by atoms with Gasteiger partial charge in [0.25, 0.3) is 0 Å². The second-order valence-corrected chi connectivity index (χ2v) is 9.15. The van der Waals surface area contributed by atoms with E-state index in [1.54, 1.807) is 0 Å². The topological polar surface area (TPSA) is 21.3 Å². The normalized spacial score (nSPS) is 11.0. The van der Waals surface area contributed by atoms with Gasteiger partial charge in [0, 0.05) is 18.0 Å². The Morgan fingerprint density at radius 1 is 0.913 bits per heavy atom. The lowest BCUT2D eigenvalue weighted by Gasteiger charge is -2.29. The summed E-state index contributed by atoms with van der Waals surface area (Å²) in [7, 11) is -2.05. The van der Waals surface area contributed by atoms with E-state index in [-0.39, 0.29) is 0 Å². The van der Waals surface area contributed by atoms with Crippen LogP contribution in [0.25, 0.3) is 0 Å². The van der Waals surface area contributed by atoms with Gasteiger partial charge >= 0.3 is 0 Å². The maximum absolute atomic E-state index is 6.23. The van der Waals surface area contributed by atoms with Gasteiger partial charge in [0.05, 0.1) is 0 Å². The van der Waals surface area contributed by atoms with Crippen molar-refractivity contribution in [2.75, 3.05) is 11.9 Å². The Balaban J connectivity index is 2.24. The Hall–Kier alpha value is -2.10. The third kappa shape index (κ3) is 4.44. The molecule has 0 atom stereocenters. The summed E-state index contributed by atoms with van der Waals surface area (Å²) in [4.78, 5) is 0. The maximum Gasteiger partial charge on any atom is 0.231 e. The van der Waals surface area contributed by atoms with Crippen LogP contribution in [0.2, 0.25) is 12.1 Å². The molecule has 0 amide bonds. The number of rotatable bonds is 9. The Morgan fingerprint density at radius 3 is 2.00 bits per heavy atom. The van der Waals surface area contributed by atoms with Crippen LogP contribution in [-0.4, -0.2) is 14.9 Å². The van der Waals surface area contributed by atoms with Crippen molar-refractivity contribution in [3.05, 3.63) is 79.9 Å². The average Bonchev–Trinajstić information content (AvgIpc) is 2.57. The van der Waals surface area contributed by atoms with Crippen molar-refractivity contribution in [2.45, 2.75) is 19.0 Å². The molecule has 1 N–H and O–H groups in total. The second kappa shape index (κ2) is 8.51. The van der Waals surface area contributed by atoms with Gasteiger partial charge in [-0.25, -0.2) is 0 Å². The summed E-state index contributed by atoms with van der Waals surface area (Å²) in [6.45, 7) is 10.6. The van der Waals surface area contributed by atoms with Gasteiger partial charge in [-0.15, -0.1) is 13.2 Å². The molecule has 0 heterocycles. The van der Waals surface area contributed by atoms with E-state index in [1.165, 1.54) is 5.19 Å². The van der Waals surface area contributed by atoms with Gasteiger partial charge in [-0.3, -0.25) is 0 Å². The zero-order valence-electron chi connectivity index (χ0n) is 13.8. The molecule has 0 saturated carbocycles. The molecule has 2 aromatic rings. The molecule has 0 aliphatic carbocycles. The lowest BCUT2D eigenvalue weighted by Crippen LogP contribution is -2.50. The van der Waals surface area contributed by atoms with Gasteiger partial charge < -0.3 is 9.74 Å². The average molecular weight is 324 g/mol. The smallest absolute Gasteiger partial charge is 0.231 e. The van der Waals surface area contributed by atoms with Gasteiger partial charge in [-0.2, -0.15) is 0 Å². The van der Waals surface area contributed by atoms with E-state index in [0.29, 0.717) is 0 Å². The van der Waals surface area contributed by atoms with E-state index in [2.05, 4.69) is 61.8 Å². The van der Waals surface area contributed by atoms with E-state index < -0.39 is 8.32 Å². The molecule has 0 aromatic heterocycles. The van der Waals surface area contributed by atoms with E-state index >= 15 is 0 Å². The van der Waals surface area contributed by atoms with Crippen molar-refractivity contribution in [2.24, 2.45) is 0 Å². The molecule has 0 spiro atoms. The summed E-state index contributed by atoms with van der Waals surface area (Å²) in [5.41, 5.74) is 2.17. The molecule has 0 radical (unpaired) electrons. The number of nitrogens with one attached hydrogen (secondary N) is 1. The minimum absolute atomic E-state index is 0.720. The summed E-state index contributed by atoms with van der Waals surface area (Å²) < 4.78 is 6.23. The summed E-state index contributed by atoms with van der Waals surface area (Å²) in [5, 5.41) is 4.70. The SMILES string of the molecule is C=CC[Si](CC=C)(OCC)c1ccc(Nc2ccccc2)cc1. The third-order valence-corrected chi connectivity index (χ3v) is 7.97. The molecule has 0 unspecified atom stereocenters. The summed E-state index contributed by atoms with van der Waals surface area (Å²) >= 11 is 0. The quantitative estimate of drug-likeness (QED) is 0.518. The molecular formula is C20H25NOSi. The molecule has 120 valence electrons. The predicted octanol–water partition coefficient (Wildman–Crippen LogP) is 4.99. The van der Waals surface area contributed by atoms with Gasteiger partial charge in [0.15, 0.2) is 0 Å². The highest BCUT2D eigenvalue weighted by atomic mass is 28.4. The van der Waals surface area contributed by atoms with Crippen molar-refractivity contribution in [3.63, 3.8) is 0 Å². The van der Waals surface area contributed by atoms with Gasteiger partial charge in [0.1, 0.15) is 0 Å². The summed E-state index contributed by atoms with van der Waals surface area (Å²) in [6, 6.07) is 20.6. The van der Waals surface area contributed by atoms with Crippen molar-refractivity contribution in [1.29, 1.82) is 0 Å². The molecule has 2 rings (SSSR count). The van der Waals surface area contributed by atoms with Crippen LogP contribution in [0.15, 0.2) is 79.9 Å². The molecule has 0 saturated heterocycles. The Morgan fingerprint density at radius 2 is 1.48 bits per heavy atom. The summed E-state index contributed by atoms with van der Waals surface area (Å²) in [5.74, 6) is 0. The van der Waals surface area contributed by atoms with Gasteiger partial charge in [-0.1, -0.05) is 42.5 Å². The van der Waals surface area contributed by atoms with Gasteiger partial charge in [-0.05, 0) is 48.5 Å². The predicted molar refractivity (Wildman–Crippen MR) is 103 cm³/mol. The highest BCUT2D eigenvalue weighted by molar-refractivity contribution is 6.87. The Labute approximate surface area is 140 Å². The fourth-order valence-corrected chi connectivity index (χ4v) is 6.11. The molecule has 0 aliphatic heterocycles. The minimum Gasteiger partial charge on any atom is -0.412 e. The number of benzene rings is 2. The number of hydrogen-bond donors (Lipinski definition) is 1. The minimum atomic E-state index is -2.05. The molecule has 0 aliphatic rings. The number of allylic oxidation sites excluding steroid dienone is 2. The molecule has 23 heavy (non-hydrogen) atoms. The van der Waals surface area contributed by atoms with Crippen molar-refractivity contribution in [1.82, 2.24) is 0 Å². The lowest BCUT2D eigenvalue weighted by molar-refractivity contribution is 0.333. The third-order valence-electron chi connectivity index (χ3n) is 3.84. The zero-order valence-corrected chi connectivity index (χ0v) is 14.8. The first-order valence-corrected chi connectivity index (χ1v) is 10.3. The number of anilines is 2. The van der Waals surface area contributed by atoms with Crippen LogP contribution in [0.4, 0.5) is 11.4 Å². The van der Waals surface area contributed by atoms with Crippen LogP contribution >= 0.6 is 0 Å². The monoisotopic (exact) mass is 323 g/mol. The second-order valence-electron chi connectivity index (χ2n) is 5.48. The van der Waals surface area contributed by atoms with Crippen LogP contribution in [0.5, 0.6) is 0 Å². The maximum atomic E-state index is 6.23. The first-order chi connectivity index (χ1) is 11.2. The molecule has 2 nitrogen and oxygen atoms in total. The number of hydrogen-bond acceptors (Lipinski definition) is 2. The fraction of sp³-hybridized carbons (Fsp3) is 0.200. The van der Waals surface area contributed by atoms with E-state index in [0.717, 1.165) is 30.1 Å². The first-order valence-electron chi connectivity index (χ1n) is 8.02. The standard InChI is InChI=1S/C20H25NOSi/c1-4-16-23(17-5-2,22-6-3)20-14-12-19(13-15-20)21-18-10-8-7-9-11-18/h4-5,7-15,21H,1-2,6,16-17H2,3H3. The molecular weight excluding hydrogens is 298 g/mol. The van der Waals surface area contributed by atoms with Crippen molar-refractivity contribution < 1.29 is 4.43 Å². The van der Waals surface area contributed by atoms with Crippen molar-refractivity contribution >= 4 is 24.9 Å². The van der Waals surface area contributed by atoms with Crippen molar-refractivity contribution in [3.8, 4) is 0 Å². The lowest BCUT2D eigenvalue weighted by atomic mass is 10.3. The highest BCUT2D eigenvalue weighted by Crippen LogP contribution is 2.21. The molecule has 0 fully saturated rings. The Kier molecular flexibility index (Phi) is 6.38. The fourth-order valence-electron chi connectivity index (χ4n) is 2.81. The van der Waals surface area contributed by atoms with E-state index in [9.17, 15) is 0 Å². The van der Waals surface area contributed by atoms with Crippen LogP contribution in [0.3, 0.4) is 0 Å². The molecule has 0 bridgehead atoms.